The van der Waals surface area contributed by atoms with Gasteiger partial charge in [0.2, 0.25) is 0 Å². The SMILES string of the molecule is CCC(=O)CCS(=O)(=O)c1ccc(C)cc1. The van der Waals surface area contributed by atoms with Gasteiger partial charge in [0.25, 0.3) is 0 Å². The molecule has 1 aromatic carbocycles. The van der Waals surface area contributed by atoms with Crippen LogP contribution in [0.4, 0.5) is 0 Å². The molecule has 1 rings (SSSR count). The molecule has 0 atom stereocenters. The van der Waals surface area contributed by atoms with E-state index in [-0.39, 0.29) is 18.0 Å². The summed E-state index contributed by atoms with van der Waals surface area (Å²) in [7, 11) is -3.30. The topological polar surface area (TPSA) is 51.2 Å². The summed E-state index contributed by atoms with van der Waals surface area (Å²) < 4.78 is 23.6. The molecule has 0 saturated heterocycles. The van der Waals surface area contributed by atoms with Crippen LogP contribution in [0.1, 0.15) is 25.3 Å². The Morgan fingerprint density at radius 1 is 1.19 bits per heavy atom. The van der Waals surface area contributed by atoms with E-state index in [1.807, 2.05) is 6.92 Å². The monoisotopic (exact) mass is 240 g/mol. The van der Waals surface area contributed by atoms with E-state index in [0.717, 1.165) is 5.56 Å². The predicted molar refractivity (Wildman–Crippen MR) is 63.1 cm³/mol. The quantitative estimate of drug-likeness (QED) is 0.792. The van der Waals surface area contributed by atoms with Crippen LogP contribution in [-0.4, -0.2) is 20.0 Å². The number of benzene rings is 1. The van der Waals surface area contributed by atoms with Crippen LogP contribution >= 0.6 is 0 Å². The minimum absolute atomic E-state index is 0.0179. The largest absolute Gasteiger partial charge is 0.300 e. The molecular weight excluding hydrogens is 224 g/mol. The first-order valence-electron chi connectivity index (χ1n) is 5.27. The highest BCUT2D eigenvalue weighted by atomic mass is 32.2. The standard InChI is InChI=1S/C12H16O3S/c1-3-11(13)8-9-16(14,15)12-6-4-10(2)5-7-12/h4-7H,3,8-9H2,1-2H3. The summed E-state index contributed by atoms with van der Waals surface area (Å²) in [6, 6.07) is 6.69. The van der Waals surface area contributed by atoms with Crippen LogP contribution < -0.4 is 0 Å². The highest BCUT2D eigenvalue weighted by Gasteiger charge is 2.15. The van der Waals surface area contributed by atoms with Crippen LogP contribution in [0.25, 0.3) is 0 Å². The summed E-state index contributed by atoms with van der Waals surface area (Å²) in [4.78, 5) is 11.4. The highest BCUT2D eigenvalue weighted by molar-refractivity contribution is 7.91. The van der Waals surface area contributed by atoms with Gasteiger partial charge in [0.05, 0.1) is 10.6 Å². The molecule has 88 valence electrons. The number of carbonyl (C=O) groups excluding carboxylic acids is 1. The van der Waals surface area contributed by atoms with Crippen molar-refractivity contribution in [2.75, 3.05) is 5.75 Å². The zero-order valence-electron chi connectivity index (χ0n) is 9.56. The lowest BCUT2D eigenvalue weighted by Crippen LogP contribution is -2.10. The first kappa shape index (κ1) is 12.9. The first-order chi connectivity index (χ1) is 7.45. The Hall–Kier alpha value is -1.16. The maximum Gasteiger partial charge on any atom is 0.178 e. The molecular formula is C12H16O3S. The van der Waals surface area contributed by atoms with Crippen molar-refractivity contribution in [1.29, 1.82) is 0 Å². The van der Waals surface area contributed by atoms with Crippen LogP contribution in [0, 0.1) is 6.92 Å². The van der Waals surface area contributed by atoms with E-state index < -0.39 is 9.84 Å². The fourth-order valence-corrected chi connectivity index (χ4v) is 2.57. The molecule has 0 heterocycles. The molecule has 0 aliphatic heterocycles. The van der Waals surface area contributed by atoms with Crippen molar-refractivity contribution in [2.45, 2.75) is 31.6 Å². The van der Waals surface area contributed by atoms with Crippen molar-refractivity contribution in [3.8, 4) is 0 Å². The minimum atomic E-state index is -3.30. The molecule has 0 saturated carbocycles. The second kappa shape index (κ2) is 5.25. The number of ketones is 1. The zero-order valence-corrected chi connectivity index (χ0v) is 10.4. The lowest BCUT2D eigenvalue weighted by Gasteiger charge is -2.03. The molecule has 3 nitrogen and oxygen atoms in total. The summed E-state index contributed by atoms with van der Waals surface area (Å²) >= 11 is 0. The number of sulfone groups is 1. The fourth-order valence-electron chi connectivity index (χ4n) is 1.29. The van der Waals surface area contributed by atoms with Crippen LogP contribution in [0.2, 0.25) is 0 Å². The van der Waals surface area contributed by atoms with E-state index in [0.29, 0.717) is 11.3 Å². The Labute approximate surface area is 96.4 Å². The molecule has 1 aromatic rings. The predicted octanol–water partition coefficient (Wildman–Crippen LogP) is 2.14. The lowest BCUT2D eigenvalue weighted by atomic mass is 10.2. The van der Waals surface area contributed by atoms with E-state index in [4.69, 9.17) is 0 Å². The van der Waals surface area contributed by atoms with Crippen molar-refractivity contribution >= 4 is 15.6 Å². The second-order valence-electron chi connectivity index (χ2n) is 3.77. The molecule has 0 aromatic heterocycles. The van der Waals surface area contributed by atoms with Crippen LogP contribution in [-0.2, 0) is 14.6 Å². The van der Waals surface area contributed by atoms with Gasteiger partial charge in [-0.3, -0.25) is 4.79 Å². The van der Waals surface area contributed by atoms with Gasteiger partial charge in [0.15, 0.2) is 9.84 Å². The molecule has 0 unspecified atom stereocenters. The molecule has 0 bridgehead atoms. The zero-order chi connectivity index (χ0) is 12.2. The maximum absolute atomic E-state index is 11.8. The molecule has 0 N–H and O–H groups in total. The van der Waals surface area contributed by atoms with Crippen molar-refractivity contribution in [3.63, 3.8) is 0 Å². The van der Waals surface area contributed by atoms with E-state index in [1.54, 1.807) is 31.2 Å². The summed E-state index contributed by atoms with van der Waals surface area (Å²) in [5.41, 5.74) is 1.02. The number of hydrogen-bond acceptors (Lipinski definition) is 3. The minimum Gasteiger partial charge on any atom is -0.300 e. The molecule has 0 aliphatic rings. The second-order valence-corrected chi connectivity index (χ2v) is 5.88. The van der Waals surface area contributed by atoms with Crippen molar-refractivity contribution < 1.29 is 13.2 Å². The number of Topliss-reactive ketones (excluding diaryl/α,β-unsaturated/α-hetero) is 1. The van der Waals surface area contributed by atoms with Gasteiger partial charge in [0.1, 0.15) is 5.78 Å². The van der Waals surface area contributed by atoms with E-state index in [2.05, 4.69) is 0 Å². The Morgan fingerprint density at radius 3 is 2.25 bits per heavy atom. The van der Waals surface area contributed by atoms with Crippen LogP contribution in [0.5, 0.6) is 0 Å². The van der Waals surface area contributed by atoms with Gasteiger partial charge < -0.3 is 0 Å². The molecule has 0 amide bonds. The number of carbonyl (C=O) groups is 1. The van der Waals surface area contributed by atoms with Gasteiger partial charge >= 0.3 is 0 Å². The Kier molecular flexibility index (Phi) is 4.24. The van der Waals surface area contributed by atoms with Crippen molar-refractivity contribution in [1.82, 2.24) is 0 Å². The van der Waals surface area contributed by atoms with Gasteiger partial charge in [-0.25, -0.2) is 8.42 Å². The average molecular weight is 240 g/mol. The van der Waals surface area contributed by atoms with Crippen molar-refractivity contribution in [2.24, 2.45) is 0 Å². The third kappa shape index (κ3) is 3.45. The fraction of sp³-hybridized carbons (Fsp3) is 0.417. The summed E-state index contributed by atoms with van der Waals surface area (Å²) in [6.07, 6.45) is 0.496. The highest BCUT2D eigenvalue weighted by Crippen LogP contribution is 2.13. The smallest absolute Gasteiger partial charge is 0.178 e. The van der Waals surface area contributed by atoms with Gasteiger partial charge in [-0.05, 0) is 19.1 Å². The summed E-state index contributed by atoms with van der Waals surface area (Å²) in [5.74, 6) is -0.112. The summed E-state index contributed by atoms with van der Waals surface area (Å²) in [6.45, 7) is 3.64. The number of aryl methyl sites for hydroxylation is 1. The summed E-state index contributed by atoms with van der Waals surface area (Å²) in [5, 5.41) is 0. The van der Waals surface area contributed by atoms with Crippen molar-refractivity contribution in [3.05, 3.63) is 29.8 Å². The van der Waals surface area contributed by atoms with Gasteiger partial charge in [-0.1, -0.05) is 24.6 Å². The van der Waals surface area contributed by atoms with Gasteiger partial charge in [-0.15, -0.1) is 0 Å². The van der Waals surface area contributed by atoms with E-state index in [1.165, 1.54) is 0 Å². The Morgan fingerprint density at radius 2 is 1.75 bits per heavy atom. The maximum atomic E-state index is 11.8. The number of hydrogen-bond donors (Lipinski definition) is 0. The van der Waals surface area contributed by atoms with E-state index >= 15 is 0 Å². The lowest BCUT2D eigenvalue weighted by molar-refractivity contribution is -0.118. The average Bonchev–Trinajstić information content (AvgIpc) is 2.26. The Balaban J connectivity index is 2.78. The molecule has 0 aliphatic carbocycles. The first-order valence-corrected chi connectivity index (χ1v) is 6.92. The molecule has 0 fully saturated rings. The third-order valence-corrected chi connectivity index (χ3v) is 4.16. The molecule has 0 radical (unpaired) electrons. The normalized spacial score (nSPS) is 11.4. The molecule has 0 spiro atoms. The number of rotatable bonds is 5. The third-order valence-electron chi connectivity index (χ3n) is 2.42. The van der Waals surface area contributed by atoms with Crippen LogP contribution in [0.15, 0.2) is 29.2 Å². The molecule has 16 heavy (non-hydrogen) atoms. The van der Waals surface area contributed by atoms with E-state index in [9.17, 15) is 13.2 Å². The Bertz CT molecular complexity index is 458. The van der Waals surface area contributed by atoms with Gasteiger partial charge in [-0.2, -0.15) is 0 Å². The molecule has 4 heteroatoms. The van der Waals surface area contributed by atoms with Gasteiger partial charge in [0, 0.05) is 12.8 Å². The van der Waals surface area contributed by atoms with Crippen LogP contribution in [0.3, 0.4) is 0 Å².